The maximum absolute atomic E-state index is 10.1. The molecule has 2 N–H and O–H groups in total. The van der Waals surface area contributed by atoms with Crippen LogP contribution in [0.3, 0.4) is 0 Å². The molecule has 0 spiro atoms. The van der Waals surface area contributed by atoms with Gasteiger partial charge in [-0.15, -0.1) is 0 Å². The number of hydrogen-bond acceptors (Lipinski definition) is 4. The lowest BCUT2D eigenvalue weighted by Crippen LogP contribution is -2.49. The van der Waals surface area contributed by atoms with Crippen LogP contribution < -0.4 is 0 Å². The topological polar surface area (TPSA) is 58.9 Å². The third-order valence-corrected chi connectivity index (χ3v) is 4.14. The van der Waals surface area contributed by atoms with Crippen molar-refractivity contribution in [1.29, 1.82) is 0 Å². The molecule has 1 aromatic carbocycles. The van der Waals surface area contributed by atoms with Gasteiger partial charge in [0.25, 0.3) is 0 Å². The summed E-state index contributed by atoms with van der Waals surface area (Å²) < 4.78 is 11.1. The molecule has 0 radical (unpaired) electrons. The minimum absolute atomic E-state index is 0.187. The summed E-state index contributed by atoms with van der Waals surface area (Å²) in [4.78, 5) is 0. The van der Waals surface area contributed by atoms with E-state index in [0.29, 0.717) is 11.4 Å². The highest BCUT2D eigenvalue weighted by atomic mass is 35.5. The molecule has 0 amide bonds. The van der Waals surface area contributed by atoms with Crippen molar-refractivity contribution in [2.75, 3.05) is 13.2 Å². The highest BCUT2D eigenvalue weighted by molar-refractivity contribution is 6.31. The second-order valence-electron chi connectivity index (χ2n) is 4.87. The Morgan fingerprint density at radius 3 is 2.83 bits per heavy atom. The molecule has 0 aliphatic carbocycles. The van der Waals surface area contributed by atoms with Crippen molar-refractivity contribution in [3.63, 3.8) is 0 Å². The molecular weight excluding hydrogens is 256 g/mol. The van der Waals surface area contributed by atoms with Crippen LogP contribution >= 0.6 is 11.6 Å². The molecule has 2 heterocycles. The second kappa shape index (κ2) is 4.47. The number of fused-ring (bicyclic) bond motifs is 1. The van der Waals surface area contributed by atoms with Gasteiger partial charge in [0.05, 0.1) is 13.2 Å². The maximum Gasteiger partial charge on any atom is 0.129 e. The molecule has 4 atom stereocenters. The van der Waals surface area contributed by atoms with Crippen molar-refractivity contribution in [1.82, 2.24) is 0 Å². The van der Waals surface area contributed by atoms with E-state index in [4.69, 9.17) is 21.1 Å². The summed E-state index contributed by atoms with van der Waals surface area (Å²) in [6, 6.07) is 7.44. The van der Waals surface area contributed by atoms with E-state index in [9.17, 15) is 10.2 Å². The Morgan fingerprint density at radius 2 is 2.06 bits per heavy atom. The number of halogens is 1. The Balaban J connectivity index is 1.92. The van der Waals surface area contributed by atoms with Crippen LogP contribution in [0.25, 0.3) is 0 Å². The zero-order valence-electron chi connectivity index (χ0n) is 9.75. The first kappa shape index (κ1) is 12.4. The predicted octanol–water partition coefficient (Wildman–Crippen LogP) is 0.772. The van der Waals surface area contributed by atoms with Crippen LogP contribution in [0.1, 0.15) is 5.56 Å². The quantitative estimate of drug-likeness (QED) is 0.834. The number of ether oxygens (including phenoxy) is 2. The fourth-order valence-corrected chi connectivity index (χ4v) is 3.02. The summed E-state index contributed by atoms with van der Waals surface area (Å²) >= 11 is 6.13. The van der Waals surface area contributed by atoms with Crippen molar-refractivity contribution in [2.24, 2.45) is 0 Å². The van der Waals surface area contributed by atoms with Gasteiger partial charge in [0.1, 0.15) is 23.9 Å². The van der Waals surface area contributed by atoms with Crippen molar-refractivity contribution in [3.05, 3.63) is 34.9 Å². The average molecular weight is 271 g/mol. The van der Waals surface area contributed by atoms with E-state index < -0.39 is 23.9 Å². The van der Waals surface area contributed by atoms with Gasteiger partial charge in [0.2, 0.25) is 0 Å². The third kappa shape index (κ3) is 1.76. The Hall–Kier alpha value is -0.650. The summed E-state index contributed by atoms with van der Waals surface area (Å²) in [5.74, 6) is 0. The van der Waals surface area contributed by atoms with Crippen molar-refractivity contribution in [3.8, 4) is 0 Å². The second-order valence-corrected chi connectivity index (χ2v) is 5.28. The molecule has 2 aliphatic heterocycles. The highest BCUT2D eigenvalue weighted by Gasteiger charge is 2.59. The molecule has 0 saturated carbocycles. The molecule has 18 heavy (non-hydrogen) atoms. The first-order chi connectivity index (χ1) is 8.63. The van der Waals surface area contributed by atoms with Crippen LogP contribution in [0.2, 0.25) is 5.02 Å². The first-order valence-electron chi connectivity index (χ1n) is 5.98. The maximum atomic E-state index is 10.1. The summed E-state index contributed by atoms with van der Waals surface area (Å²) in [6.07, 6.45) is -1.47. The van der Waals surface area contributed by atoms with Crippen LogP contribution in [-0.2, 0) is 15.9 Å². The molecular formula is C13H15ClO4. The van der Waals surface area contributed by atoms with Gasteiger partial charge in [-0.25, -0.2) is 0 Å². The number of benzene rings is 1. The summed E-state index contributed by atoms with van der Waals surface area (Å²) in [5, 5.41) is 20.6. The van der Waals surface area contributed by atoms with E-state index in [1.807, 2.05) is 18.2 Å². The molecule has 0 aromatic heterocycles. The number of hydrogen-bond donors (Lipinski definition) is 2. The highest BCUT2D eigenvalue weighted by Crippen LogP contribution is 2.41. The van der Waals surface area contributed by atoms with Gasteiger partial charge in [0, 0.05) is 11.4 Å². The molecule has 5 heteroatoms. The van der Waals surface area contributed by atoms with Crippen molar-refractivity contribution in [2.45, 2.75) is 30.3 Å². The number of rotatable bonds is 2. The van der Waals surface area contributed by atoms with Gasteiger partial charge in [-0.05, 0) is 11.6 Å². The largest absolute Gasteiger partial charge is 0.388 e. The summed E-state index contributed by atoms with van der Waals surface area (Å²) in [5.41, 5.74) is 0.0209. The fourth-order valence-electron chi connectivity index (χ4n) is 2.82. The van der Waals surface area contributed by atoms with Gasteiger partial charge in [-0.2, -0.15) is 0 Å². The van der Waals surface area contributed by atoms with E-state index in [0.717, 1.165) is 5.56 Å². The molecule has 3 rings (SSSR count). The zero-order valence-corrected chi connectivity index (χ0v) is 10.5. The lowest BCUT2D eigenvalue weighted by atomic mass is 9.86. The Labute approximate surface area is 110 Å². The monoisotopic (exact) mass is 270 g/mol. The Morgan fingerprint density at radius 1 is 1.28 bits per heavy atom. The fraction of sp³-hybridized carbons (Fsp3) is 0.538. The van der Waals surface area contributed by atoms with Gasteiger partial charge < -0.3 is 19.7 Å². The lowest BCUT2D eigenvalue weighted by Gasteiger charge is -2.30. The lowest BCUT2D eigenvalue weighted by molar-refractivity contribution is -0.0755. The third-order valence-electron chi connectivity index (χ3n) is 3.78. The smallest absolute Gasteiger partial charge is 0.129 e. The summed E-state index contributed by atoms with van der Waals surface area (Å²) in [7, 11) is 0. The summed E-state index contributed by atoms with van der Waals surface area (Å²) in [6.45, 7) is 0.373. The molecule has 98 valence electrons. The molecule has 2 fully saturated rings. The van der Waals surface area contributed by atoms with Crippen LogP contribution in [0.5, 0.6) is 0 Å². The van der Waals surface area contributed by atoms with Gasteiger partial charge >= 0.3 is 0 Å². The average Bonchev–Trinajstić information content (AvgIpc) is 2.83. The van der Waals surface area contributed by atoms with E-state index >= 15 is 0 Å². The van der Waals surface area contributed by atoms with Crippen molar-refractivity contribution < 1.29 is 19.7 Å². The molecule has 0 unspecified atom stereocenters. The molecule has 2 saturated heterocycles. The van der Waals surface area contributed by atoms with Crippen LogP contribution in [0.4, 0.5) is 0 Å². The number of aliphatic hydroxyl groups is 2. The van der Waals surface area contributed by atoms with Crippen LogP contribution in [0.15, 0.2) is 24.3 Å². The molecule has 2 aliphatic rings. The van der Waals surface area contributed by atoms with Gasteiger partial charge in [-0.1, -0.05) is 29.8 Å². The first-order valence-corrected chi connectivity index (χ1v) is 6.36. The molecule has 0 bridgehead atoms. The standard InChI is InChI=1S/C13H15ClO4/c14-9-4-2-1-3-8(9)5-13-11(16)7-17-12(13)10(15)6-18-13/h1-4,10-12,15-16H,5-7H2/t10-,11+,12-,13-/m1/s1. The SMILES string of the molecule is O[C@@H]1CO[C@@]2(Cc3ccccc3Cl)[C@@H]1OC[C@@H]2O. The molecule has 1 aromatic rings. The normalized spacial score (nSPS) is 38.9. The Kier molecular flexibility index (Phi) is 3.08. The van der Waals surface area contributed by atoms with E-state index in [2.05, 4.69) is 0 Å². The van der Waals surface area contributed by atoms with E-state index in [-0.39, 0.29) is 13.2 Å². The van der Waals surface area contributed by atoms with E-state index in [1.165, 1.54) is 0 Å². The minimum atomic E-state index is -0.871. The van der Waals surface area contributed by atoms with Crippen LogP contribution in [-0.4, -0.2) is 47.3 Å². The van der Waals surface area contributed by atoms with Crippen LogP contribution in [0, 0.1) is 0 Å². The number of aliphatic hydroxyl groups excluding tert-OH is 2. The van der Waals surface area contributed by atoms with Gasteiger partial charge in [0.15, 0.2) is 0 Å². The van der Waals surface area contributed by atoms with E-state index in [1.54, 1.807) is 6.07 Å². The Bertz CT molecular complexity index is 452. The van der Waals surface area contributed by atoms with Crippen molar-refractivity contribution >= 4 is 11.6 Å². The minimum Gasteiger partial charge on any atom is -0.388 e. The molecule has 4 nitrogen and oxygen atoms in total. The zero-order chi connectivity index (χ0) is 12.8. The predicted molar refractivity (Wildman–Crippen MR) is 65.6 cm³/mol. The van der Waals surface area contributed by atoms with Gasteiger partial charge in [-0.3, -0.25) is 0 Å².